The van der Waals surface area contributed by atoms with Crippen LogP contribution in [0.4, 0.5) is 0 Å². The van der Waals surface area contributed by atoms with Crippen molar-refractivity contribution in [2.75, 3.05) is 19.6 Å². The highest BCUT2D eigenvalue weighted by Crippen LogP contribution is 2.33. The van der Waals surface area contributed by atoms with Gasteiger partial charge >= 0.3 is 0 Å². The maximum Gasteiger partial charge on any atom is 0.252 e. The Morgan fingerprint density at radius 2 is 2.38 bits per heavy atom. The van der Waals surface area contributed by atoms with Crippen LogP contribution in [0.1, 0.15) is 22.3 Å². The molecule has 6 heteroatoms. The van der Waals surface area contributed by atoms with Gasteiger partial charge in [0.15, 0.2) is 0 Å². The number of pyridine rings is 1. The first-order valence-corrected chi connectivity index (χ1v) is 9.29. The topological polar surface area (TPSA) is 54.5 Å². The Labute approximate surface area is 145 Å². The summed E-state index contributed by atoms with van der Waals surface area (Å²) >= 11 is 1.54. The van der Waals surface area contributed by atoms with Gasteiger partial charge in [0, 0.05) is 55.4 Å². The third kappa shape index (κ3) is 3.50. The molecule has 2 aliphatic heterocycles. The number of fused-ring (bicyclic) bond motifs is 1. The molecule has 0 spiro atoms. The molecule has 2 aromatic rings. The third-order valence-corrected chi connectivity index (χ3v) is 5.48. The highest BCUT2D eigenvalue weighted by Gasteiger charge is 2.41. The number of likely N-dealkylation sites (tertiary alicyclic amines) is 1. The van der Waals surface area contributed by atoms with Crippen LogP contribution >= 0.6 is 11.3 Å². The van der Waals surface area contributed by atoms with Crippen LogP contribution in [0.25, 0.3) is 0 Å². The Morgan fingerprint density at radius 3 is 3.12 bits per heavy atom. The van der Waals surface area contributed by atoms with Crippen LogP contribution in [-0.2, 0) is 11.3 Å². The number of hydrogen-bond donors (Lipinski definition) is 1. The van der Waals surface area contributed by atoms with E-state index in [4.69, 9.17) is 4.74 Å². The summed E-state index contributed by atoms with van der Waals surface area (Å²) in [4.78, 5) is 18.6. The van der Waals surface area contributed by atoms with E-state index in [1.54, 1.807) is 6.20 Å². The van der Waals surface area contributed by atoms with Crippen molar-refractivity contribution in [2.45, 2.75) is 25.2 Å². The van der Waals surface area contributed by atoms with Gasteiger partial charge in [-0.2, -0.15) is 11.3 Å². The Kier molecular flexibility index (Phi) is 4.60. The van der Waals surface area contributed by atoms with Crippen LogP contribution in [0, 0.1) is 5.92 Å². The van der Waals surface area contributed by atoms with Crippen molar-refractivity contribution in [3.63, 3.8) is 0 Å². The van der Waals surface area contributed by atoms with Gasteiger partial charge < -0.3 is 10.1 Å². The number of carbonyl (C=O) groups is 1. The standard InChI is InChI=1S/C18H21N3O2S/c22-18(14-3-5-24-12-14)20-8-16-6-15-10-21(11-17(15)23-16)9-13-2-1-4-19-7-13/h1-5,7,12,15-17H,6,8-11H2,(H,20,22)/t15-,16-,17+/m1/s1. The van der Waals surface area contributed by atoms with E-state index in [1.165, 1.54) is 16.9 Å². The fraction of sp³-hybridized carbons (Fsp3) is 0.444. The summed E-state index contributed by atoms with van der Waals surface area (Å²) in [6.45, 7) is 3.57. The molecule has 0 unspecified atom stereocenters. The highest BCUT2D eigenvalue weighted by atomic mass is 32.1. The lowest BCUT2D eigenvalue weighted by Crippen LogP contribution is -2.33. The molecule has 0 saturated carbocycles. The number of carbonyl (C=O) groups excluding carboxylic acids is 1. The molecule has 2 aliphatic rings. The largest absolute Gasteiger partial charge is 0.371 e. The molecule has 4 rings (SSSR count). The molecule has 4 heterocycles. The monoisotopic (exact) mass is 343 g/mol. The molecule has 0 aromatic carbocycles. The molecule has 5 nitrogen and oxygen atoms in total. The second-order valence-corrected chi connectivity index (χ2v) is 7.35. The SMILES string of the molecule is O=C(NC[C@H]1C[C@@H]2CN(Cc3cccnc3)C[C@@H]2O1)c1ccsc1. The smallest absolute Gasteiger partial charge is 0.252 e. The van der Waals surface area contributed by atoms with Gasteiger partial charge in [-0.25, -0.2) is 0 Å². The van der Waals surface area contributed by atoms with Crippen molar-refractivity contribution in [2.24, 2.45) is 5.92 Å². The van der Waals surface area contributed by atoms with Crippen LogP contribution in [0.5, 0.6) is 0 Å². The normalized spacial score (nSPS) is 26.4. The quantitative estimate of drug-likeness (QED) is 0.904. The zero-order valence-electron chi connectivity index (χ0n) is 13.4. The summed E-state index contributed by atoms with van der Waals surface area (Å²) in [5.74, 6) is 0.569. The lowest BCUT2D eigenvalue weighted by molar-refractivity contribution is 0.0372. The van der Waals surface area contributed by atoms with Crippen LogP contribution < -0.4 is 5.32 Å². The first-order valence-electron chi connectivity index (χ1n) is 8.35. The molecule has 1 amide bonds. The number of nitrogens with zero attached hydrogens (tertiary/aromatic N) is 2. The summed E-state index contributed by atoms with van der Waals surface area (Å²) in [5.41, 5.74) is 1.98. The highest BCUT2D eigenvalue weighted by molar-refractivity contribution is 7.08. The average Bonchev–Trinajstić information content (AvgIpc) is 3.30. The number of aromatic nitrogens is 1. The van der Waals surface area contributed by atoms with Gasteiger partial charge in [-0.15, -0.1) is 0 Å². The summed E-state index contributed by atoms with van der Waals surface area (Å²) in [6.07, 6.45) is 5.20. The predicted molar refractivity (Wildman–Crippen MR) is 92.9 cm³/mol. The number of amides is 1. The van der Waals surface area contributed by atoms with E-state index in [9.17, 15) is 4.79 Å². The molecule has 2 saturated heterocycles. The Bertz CT molecular complexity index is 663. The lowest BCUT2D eigenvalue weighted by atomic mass is 10.0. The summed E-state index contributed by atoms with van der Waals surface area (Å²) in [5, 5.41) is 6.78. The maximum atomic E-state index is 12.0. The number of hydrogen-bond acceptors (Lipinski definition) is 5. The van der Waals surface area contributed by atoms with Gasteiger partial charge in [-0.05, 0) is 29.5 Å². The van der Waals surface area contributed by atoms with Gasteiger partial charge in [0.05, 0.1) is 12.2 Å². The van der Waals surface area contributed by atoms with E-state index in [0.29, 0.717) is 18.6 Å². The van der Waals surface area contributed by atoms with E-state index in [1.807, 2.05) is 29.1 Å². The van der Waals surface area contributed by atoms with Crippen molar-refractivity contribution in [1.82, 2.24) is 15.2 Å². The molecule has 0 aliphatic carbocycles. The van der Waals surface area contributed by atoms with E-state index in [0.717, 1.165) is 31.6 Å². The van der Waals surface area contributed by atoms with Crippen molar-refractivity contribution in [3.05, 3.63) is 52.5 Å². The first-order chi connectivity index (χ1) is 11.8. The van der Waals surface area contributed by atoms with Gasteiger partial charge in [-0.3, -0.25) is 14.7 Å². The van der Waals surface area contributed by atoms with E-state index in [2.05, 4.69) is 21.3 Å². The first kappa shape index (κ1) is 15.7. The van der Waals surface area contributed by atoms with Crippen molar-refractivity contribution < 1.29 is 9.53 Å². The predicted octanol–water partition coefficient (Wildman–Crippen LogP) is 2.16. The van der Waals surface area contributed by atoms with Crippen LogP contribution in [-0.4, -0.2) is 47.6 Å². The number of nitrogens with one attached hydrogen (secondary N) is 1. The summed E-state index contributed by atoms with van der Waals surface area (Å²) in [7, 11) is 0. The number of thiophene rings is 1. The fourth-order valence-electron chi connectivity index (χ4n) is 3.66. The average molecular weight is 343 g/mol. The molecule has 126 valence electrons. The Hall–Kier alpha value is -1.76. The fourth-order valence-corrected chi connectivity index (χ4v) is 4.30. The Balaban J connectivity index is 1.23. The number of rotatable bonds is 5. The Morgan fingerprint density at radius 1 is 1.42 bits per heavy atom. The zero-order valence-corrected chi connectivity index (χ0v) is 14.2. The second-order valence-electron chi connectivity index (χ2n) is 6.57. The molecule has 2 fully saturated rings. The minimum atomic E-state index is -0.00452. The molecule has 0 radical (unpaired) electrons. The van der Waals surface area contributed by atoms with Crippen LogP contribution in [0.15, 0.2) is 41.4 Å². The van der Waals surface area contributed by atoms with Gasteiger partial charge in [0.1, 0.15) is 0 Å². The molecule has 3 atom stereocenters. The van der Waals surface area contributed by atoms with Crippen molar-refractivity contribution >= 4 is 17.2 Å². The lowest BCUT2D eigenvalue weighted by Gasteiger charge is -2.19. The van der Waals surface area contributed by atoms with Crippen molar-refractivity contribution in [3.8, 4) is 0 Å². The number of ether oxygens (including phenoxy) is 1. The molecular formula is C18H21N3O2S. The third-order valence-electron chi connectivity index (χ3n) is 4.79. The van der Waals surface area contributed by atoms with E-state index >= 15 is 0 Å². The minimum Gasteiger partial charge on any atom is -0.371 e. The van der Waals surface area contributed by atoms with Gasteiger partial charge in [-0.1, -0.05) is 6.07 Å². The van der Waals surface area contributed by atoms with E-state index < -0.39 is 0 Å². The van der Waals surface area contributed by atoms with Gasteiger partial charge in [0.25, 0.3) is 5.91 Å². The minimum absolute atomic E-state index is 0.00452. The summed E-state index contributed by atoms with van der Waals surface area (Å²) < 4.78 is 6.15. The van der Waals surface area contributed by atoms with E-state index in [-0.39, 0.29) is 12.0 Å². The van der Waals surface area contributed by atoms with Crippen molar-refractivity contribution in [1.29, 1.82) is 0 Å². The summed E-state index contributed by atoms with van der Waals surface area (Å²) in [6, 6.07) is 5.94. The molecule has 2 aromatic heterocycles. The molecular weight excluding hydrogens is 322 g/mol. The van der Waals surface area contributed by atoms with Crippen LogP contribution in [0.3, 0.4) is 0 Å². The molecule has 0 bridgehead atoms. The van der Waals surface area contributed by atoms with Crippen LogP contribution in [0.2, 0.25) is 0 Å². The maximum absolute atomic E-state index is 12.0. The second kappa shape index (κ2) is 7.01. The molecule has 24 heavy (non-hydrogen) atoms. The van der Waals surface area contributed by atoms with Gasteiger partial charge in [0.2, 0.25) is 0 Å². The molecule has 1 N–H and O–H groups in total. The zero-order chi connectivity index (χ0) is 16.4.